The third-order valence-electron chi connectivity index (χ3n) is 7.50. The zero-order chi connectivity index (χ0) is 27.1. The minimum atomic E-state index is 0.0287. The molecule has 0 bridgehead atoms. The van der Waals surface area contributed by atoms with Crippen molar-refractivity contribution in [2.75, 3.05) is 18.4 Å². The first-order chi connectivity index (χ1) is 19.6. The Hall–Kier alpha value is -4.41. The van der Waals surface area contributed by atoms with Gasteiger partial charge in [0.1, 0.15) is 11.3 Å². The lowest BCUT2D eigenvalue weighted by Gasteiger charge is -2.21. The number of thiophene rings is 1. The van der Waals surface area contributed by atoms with E-state index in [1.165, 1.54) is 9.75 Å². The van der Waals surface area contributed by atoms with Crippen molar-refractivity contribution in [3.8, 4) is 33.0 Å². The lowest BCUT2D eigenvalue weighted by atomic mass is 9.94. The largest absolute Gasteiger partial charge is 0.338 e. The van der Waals surface area contributed by atoms with Gasteiger partial charge < -0.3 is 15.6 Å². The molecule has 40 heavy (non-hydrogen) atoms. The zero-order valence-electron chi connectivity index (χ0n) is 22.0. The standard InChI is InChI=1S/C30H28N8OS/c1-17-2-3-26(40-17)22-6-9-33-29-23(22)13-25(36-29)28-24-12-20(15-34-30(24)38-37-28)19-11-21(16-32-14-19)35-27(39)10-18-4-7-31-8-5-18/h2-3,6,9,11-16,18,31H,4-5,7-8,10H2,1H3,(H,33,36)(H,35,39)(H,34,37,38). The second-order valence-electron chi connectivity index (χ2n) is 10.3. The molecule has 0 radical (unpaired) electrons. The predicted molar refractivity (Wildman–Crippen MR) is 159 cm³/mol. The molecule has 1 fully saturated rings. The number of nitrogens with one attached hydrogen (secondary N) is 4. The van der Waals surface area contributed by atoms with Crippen molar-refractivity contribution in [3.63, 3.8) is 0 Å². The average Bonchev–Trinajstić information content (AvgIpc) is 3.71. The second-order valence-corrected chi connectivity index (χ2v) is 11.6. The van der Waals surface area contributed by atoms with Gasteiger partial charge in [-0.3, -0.25) is 14.9 Å². The molecule has 6 aromatic heterocycles. The molecule has 200 valence electrons. The molecule has 9 nitrogen and oxygen atoms in total. The summed E-state index contributed by atoms with van der Waals surface area (Å²) in [5.41, 5.74) is 6.74. The number of anilines is 1. The summed E-state index contributed by atoms with van der Waals surface area (Å²) in [6.45, 7) is 4.07. The number of aromatic nitrogens is 6. The van der Waals surface area contributed by atoms with Gasteiger partial charge in [0.15, 0.2) is 5.65 Å². The molecule has 1 aliphatic heterocycles. The van der Waals surface area contributed by atoms with Crippen LogP contribution in [0.4, 0.5) is 5.69 Å². The van der Waals surface area contributed by atoms with Gasteiger partial charge in [0, 0.05) is 62.2 Å². The van der Waals surface area contributed by atoms with Crippen LogP contribution < -0.4 is 10.6 Å². The van der Waals surface area contributed by atoms with Crippen molar-refractivity contribution in [2.24, 2.45) is 5.92 Å². The Kier molecular flexibility index (Phi) is 6.33. The summed E-state index contributed by atoms with van der Waals surface area (Å²) in [7, 11) is 0. The number of piperidine rings is 1. The monoisotopic (exact) mass is 548 g/mol. The van der Waals surface area contributed by atoms with Crippen molar-refractivity contribution < 1.29 is 4.79 Å². The number of aryl methyl sites for hydroxylation is 1. The molecule has 1 aliphatic rings. The Morgan fingerprint density at radius 3 is 2.73 bits per heavy atom. The lowest BCUT2D eigenvalue weighted by Crippen LogP contribution is -2.30. The fraction of sp³-hybridized carbons (Fsp3) is 0.233. The summed E-state index contributed by atoms with van der Waals surface area (Å²) >= 11 is 1.77. The number of hydrogen-bond acceptors (Lipinski definition) is 7. The van der Waals surface area contributed by atoms with Gasteiger partial charge in [0.25, 0.3) is 0 Å². The van der Waals surface area contributed by atoms with Crippen LogP contribution in [0, 0.1) is 12.8 Å². The molecule has 0 saturated carbocycles. The van der Waals surface area contributed by atoms with Gasteiger partial charge in [-0.05, 0) is 75.2 Å². The number of nitrogens with zero attached hydrogens (tertiary/aromatic N) is 4. The molecular weight excluding hydrogens is 520 g/mol. The number of hydrogen-bond donors (Lipinski definition) is 4. The Labute approximate surface area is 234 Å². The van der Waals surface area contributed by atoms with Crippen LogP contribution >= 0.6 is 11.3 Å². The number of rotatable bonds is 6. The smallest absolute Gasteiger partial charge is 0.224 e. The van der Waals surface area contributed by atoms with Crippen molar-refractivity contribution in [1.82, 2.24) is 35.5 Å². The molecule has 6 aromatic rings. The normalized spacial score (nSPS) is 14.2. The maximum absolute atomic E-state index is 12.7. The SMILES string of the molecule is Cc1ccc(-c2ccnc3[nH]c(-c4n[nH]c5ncc(-c6cncc(NC(=O)CC7CCNCC7)c6)cc45)cc23)s1. The van der Waals surface area contributed by atoms with Crippen LogP contribution in [-0.2, 0) is 4.79 Å². The van der Waals surface area contributed by atoms with Crippen LogP contribution in [0.25, 0.3) is 55.0 Å². The van der Waals surface area contributed by atoms with E-state index in [2.05, 4.69) is 78.0 Å². The topological polar surface area (TPSA) is 124 Å². The Balaban J connectivity index is 1.19. The van der Waals surface area contributed by atoms with Gasteiger partial charge in [0.2, 0.25) is 5.91 Å². The number of carbonyl (C=O) groups is 1. The van der Waals surface area contributed by atoms with Gasteiger partial charge in [-0.2, -0.15) is 5.10 Å². The van der Waals surface area contributed by atoms with Gasteiger partial charge >= 0.3 is 0 Å². The van der Waals surface area contributed by atoms with Crippen molar-refractivity contribution in [1.29, 1.82) is 0 Å². The highest BCUT2D eigenvalue weighted by atomic mass is 32.1. The second kappa shape index (κ2) is 10.3. The molecule has 0 atom stereocenters. The van der Waals surface area contributed by atoms with Crippen molar-refractivity contribution in [3.05, 3.63) is 66.1 Å². The molecule has 0 unspecified atom stereocenters. The highest BCUT2D eigenvalue weighted by molar-refractivity contribution is 7.15. The zero-order valence-corrected chi connectivity index (χ0v) is 22.8. The van der Waals surface area contributed by atoms with Gasteiger partial charge in [0.05, 0.1) is 17.6 Å². The maximum Gasteiger partial charge on any atom is 0.224 e. The summed E-state index contributed by atoms with van der Waals surface area (Å²) in [4.78, 5) is 32.2. The quantitative estimate of drug-likeness (QED) is 0.205. The molecule has 4 N–H and O–H groups in total. The van der Waals surface area contributed by atoms with E-state index in [0.717, 1.165) is 70.4 Å². The summed E-state index contributed by atoms with van der Waals surface area (Å²) in [6.07, 6.45) is 9.70. The summed E-state index contributed by atoms with van der Waals surface area (Å²) < 4.78 is 0. The first kappa shape index (κ1) is 24.6. The molecule has 7 heterocycles. The van der Waals surface area contributed by atoms with Crippen LogP contribution in [0.1, 0.15) is 24.1 Å². The number of pyridine rings is 3. The highest BCUT2D eigenvalue weighted by Crippen LogP contribution is 2.36. The van der Waals surface area contributed by atoms with E-state index in [9.17, 15) is 4.79 Å². The molecule has 10 heteroatoms. The van der Waals surface area contributed by atoms with Gasteiger partial charge in [-0.1, -0.05) is 0 Å². The van der Waals surface area contributed by atoms with E-state index in [1.54, 1.807) is 29.9 Å². The first-order valence-corrected chi connectivity index (χ1v) is 14.3. The molecular formula is C30H28N8OS. The number of H-pyrrole nitrogens is 2. The fourth-order valence-electron chi connectivity index (χ4n) is 5.44. The number of fused-ring (bicyclic) bond motifs is 2. The Morgan fingerprint density at radius 2 is 1.88 bits per heavy atom. The van der Waals surface area contributed by atoms with Crippen LogP contribution in [-0.4, -0.2) is 49.1 Å². The van der Waals surface area contributed by atoms with E-state index >= 15 is 0 Å². The molecule has 7 rings (SSSR count). The number of carbonyl (C=O) groups excluding carboxylic acids is 1. The third kappa shape index (κ3) is 4.76. The van der Waals surface area contributed by atoms with E-state index in [4.69, 9.17) is 0 Å². The summed E-state index contributed by atoms with van der Waals surface area (Å²) in [6, 6.07) is 12.4. The lowest BCUT2D eigenvalue weighted by molar-refractivity contribution is -0.117. The Morgan fingerprint density at radius 1 is 1.00 bits per heavy atom. The number of amides is 1. The van der Waals surface area contributed by atoms with Crippen molar-refractivity contribution in [2.45, 2.75) is 26.2 Å². The van der Waals surface area contributed by atoms with Crippen LogP contribution in [0.15, 0.2) is 61.2 Å². The van der Waals surface area contributed by atoms with E-state index in [0.29, 0.717) is 23.7 Å². The minimum absolute atomic E-state index is 0.0287. The van der Waals surface area contributed by atoms with Crippen LogP contribution in [0.5, 0.6) is 0 Å². The minimum Gasteiger partial charge on any atom is -0.338 e. The van der Waals surface area contributed by atoms with Gasteiger partial charge in [-0.15, -0.1) is 11.3 Å². The molecule has 0 aliphatic carbocycles. The summed E-state index contributed by atoms with van der Waals surface area (Å²) in [5, 5.41) is 16.0. The van der Waals surface area contributed by atoms with E-state index in [-0.39, 0.29) is 5.91 Å². The van der Waals surface area contributed by atoms with Crippen LogP contribution in [0.3, 0.4) is 0 Å². The summed E-state index contributed by atoms with van der Waals surface area (Å²) in [5.74, 6) is 0.454. The average molecular weight is 549 g/mol. The van der Waals surface area contributed by atoms with E-state index in [1.807, 2.05) is 12.3 Å². The first-order valence-electron chi connectivity index (χ1n) is 13.5. The maximum atomic E-state index is 12.7. The van der Waals surface area contributed by atoms with Gasteiger partial charge in [-0.25, -0.2) is 9.97 Å². The number of aromatic amines is 2. The Bertz CT molecular complexity index is 1850. The van der Waals surface area contributed by atoms with E-state index < -0.39 is 0 Å². The fourth-order valence-corrected chi connectivity index (χ4v) is 6.35. The predicted octanol–water partition coefficient (Wildman–Crippen LogP) is 5.93. The van der Waals surface area contributed by atoms with Crippen molar-refractivity contribution >= 4 is 45.0 Å². The molecule has 1 saturated heterocycles. The highest BCUT2D eigenvalue weighted by Gasteiger charge is 2.18. The third-order valence-corrected chi connectivity index (χ3v) is 8.53. The molecule has 0 spiro atoms. The van der Waals surface area contributed by atoms with Crippen LogP contribution in [0.2, 0.25) is 0 Å². The molecule has 0 aromatic carbocycles. The molecule has 1 amide bonds.